The first-order valence-corrected chi connectivity index (χ1v) is 6.24. The van der Waals surface area contributed by atoms with Crippen molar-refractivity contribution in [3.63, 3.8) is 0 Å². The van der Waals surface area contributed by atoms with Gasteiger partial charge in [-0.1, -0.05) is 32.4 Å². The Kier molecular flexibility index (Phi) is 4.21. The molecular formula is C11H15ClN2OS. The number of hydrogen-bond donors (Lipinski definition) is 1. The van der Waals surface area contributed by atoms with Crippen LogP contribution >= 0.6 is 23.4 Å². The second kappa shape index (κ2) is 5.06. The van der Waals surface area contributed by atoms with Crippen LogP contribution in [0.3, 0.4) is 0 Å². The minimum atomic E-state index is -0.0348. The standard InChI is InChI=1S/C11H15ClN2OS/c1-11(2,3)16-6-9(15)8-4-7(12)5-14-10(8)13/h4-5H,6H2,1-3H3,(H2,13,14). The number of carbonyl (C=O) groups is 1. The van der Waals surface area contributed by atoms with E-state index in [0.29, 0.717) is 16.3 Å². The molecule has 0 bridgehead atoms. The van der Waals surface area contributed by atoms with Crippen LogP contribution in [0, 0.1) is 0 Å². The molecule has 0 radical (unpaired) electrons. The van der Waals surface area contributed by atoms with Crippen molar-refractivity contribution in [1.82, 2.24) is 4.98 Å². The molecule has 0 spiro atoms. The van der Waals surface area contributed by atoms with Gasteiger partial charge in [-0.3, -0.25) is 4.79 Å². The van der Waals surface area contributed by atoms with Crippen LogP contribution in [-0.4, -0.2) is 21.3 Å². The zero-order valence-electron chi connectivity index (χ0n) is 9.58. The van der Waals surface area contributed by atoms with Gasteiger partial charge in [0.05, 0.1) is 16.3 Å². The van der Waals surface area contributed by atoms with Gasteiger partial charge in [0.1, 0.15) is 5.82 Å². The van der Waals surface area contributed by atoms with Gasteiger partial charge in [-0.25, -0.2) is 4.98 Å². The first-order valence-electron chi connectivity index (χ1n) is 4.88. The van der Waals surface area contributed by atoms with Gasteiger partial charge in [0.2, 0.25) is 0 Å². The van der Waals surface area contributed by atoms with Gasteiger partial charge in [-0.15, -0.1) is 11.8 Å². The Morgan fingerprint density at radius 1 is 1.56 bits per heavy atom. The van der Waals surface area contributed by atoms with Gasteiger partial charge in [-0.2, -0.15) is 0 Å². The van der Waals surface area contributed by atoms with Gasteiger partial charge in [0.25, 0.3) is 0 Å². The third kappa shape index (κ3) is 4.02. The van der Waals surface area contributed by atoms with Crippen LogP contribution < -0.4 is 5.73 Å². The Bertz CT molecular complexity index is 401. The number of ketones is 1. The fraction of sp³-hybridized carbons (Fsp3) is 0.455. The second-order valence-electron chi connectivity index (χ2n) is 4.41. The predicted octanol–water partition coefficient (Wildman–Crippen LogP) is 3.03. The second-order valence-corrected chi connectivity index (χ2v) is 6.65. The molecule has 0 aliphatic heterocycles. The number of rotatable bonds is 3. The summed E-state index contributed by atoms with van der Waals surface area (Å²) in [5, 5.41) is 0.429. The number of nitrogens with zero attached hydrogens (tertiary/aromatic N) is 1. The highest BCUT2D eigenvalue weighted by Crippen LogP contribution is 2.25. The number of hydrogen-bond acceptors (Lipinski definition) is 4. The molecule has 1 heterocycles. The predicted molar refractivity (Wildman–Crippen MR) is 70.2 cm³/mol. The van der Waals surface area contributed by atoms with Crippen molar-refractivity contribution in [2.45, 2.75) is 25.5 Å². The molecule has 1 rings (SSSR count). The number of nitrogens with two attached hydrogens (primary N) is 1. The minimum absolute atomic E-state index is 0.0348. The number of pyridine rings is 1. The Balaban J connectivity index is 2.77. The van der Waals surface area contributed by atoms with E-state index in [4.69, 9.17) is 17.3 Å². The van der Waals surface area contributed by atoms with Crippen LogP contribution in [-0.2, 0) is 0 Å². The van der Waals surface area contributed by atoms with Gasteiger partial charge < -0.3 is 5.73 Å². The normalized spacial score (nSPS) is 11.5. The number of anilines is 1. The van der Waals surface area contributed by atoms with Crippen molar-refractivity contribution in [3.05, 3.63) is 22.8 Å². The highest BCUT2D eigenvalue weighted by Gasteiger charge is 2.16. The number of halogens is 1. The summed E-state index contributed by atoms with van der Waals surface area (Å²) in [5.41, 5.74) is 6.04. The van der Waals surface area contributed by atoms with E-state index in [1.807, 2.05) is 0 Å². The molecule has 1 aromatic heterocycles. The molecule has 5 heteroatoms. The lowest BCUT2D eigenvalue weighted by Gasteiger charge is -2.16. The van der Waals surface area contributed by atoms with Crippen LogP contribution in [0.15, 0.2) is 12.3 Å². The van der Waals surface area contributed by atoms with Crippen molar-refractivity contribution in [3.8, 4) is 0 Å². The van der Waals surface area contributed by atoms with Gasteiger partial charge in [0.15, 0.2) is 5.78 Å². The summed E-state index contributed by atoms with van der Waals surface area (Å²) in [6.07, 6.45) is 1.44. The quantitative estimate of drug-likeness (QED) is 0.847. The molecule has 3 nitrogen and oxygen atoms in total. The van der Waals surface area contributed by atoms with Crippen LogP contribution in [0.1, 0.15) is 31.1 Å². The maximum atomic E-state index is 11.9. The largest absolute Gasteiger partial charge is 0.383 e. The van der Waals surface area contributed by atoms with Crippen molar-refractivity contribution < 1.29 is 4.79 Å². The molecule has 0 aromatic carbocycles. The fourth-order valence-corrected chi connectivity index (χ4v) is 1.91. The summed E-state index contributed by atoms with van der Waals surface area (Å²) >= 11 is 7.35. The molecule has 1 aromatic rings. The first-order chi connectivity index (χ1) is 7.29. The Hall–Kier alpha value is -0.740. The molecule has 0 saturated heterocycles. The highest BCUT2D eigenvalue weighted by molar-refractivity contribution is 8.01. The lowest BCUT2D eigenvalue weighted by atomic mass is 10.2. The van der Waals surface area contributed by atoms with Crippen molar-refractivity contribution >= 4 is 35.0 Å². The zero-order valence-corrected chi connectivity index (χ0v) is 11.2. The van der Waals surface area contributed by atoms with Gasteiger partial charge >= 0.3 is 0 Å². The third-order valence-electron chi connectivity index (χ3n) is 1.82. The molecule has 0 aliphatic carbocycles. The molecule has 16 heavy (non-hydrogen) atoms. The van der Waals surface area contributed by atoms with E-state index in [1.54, 1.807) is 17.8 Å². The number of carbonyl (C=O) groups excluding carboxylic acids is 1. The maximum Gasteiger partial charge on any atom is 0.176 e. The van der Waals surface area contributed by atoms with E-state index in [0.717, 1.165) is 0 Å². The van der Waals surface area contributed by atoms with Gasteiger partial charge in [-0.05, 0) is 6.07 Å². The molecule has 0 atom stereocenters. The lowest BCUT2D eigenvalue weighted by Crippen LogP contribution is -2.14. The number of aromatic nitrogens is 1. The van der Waals surface area contributed by atoms with Crippen LogP contribution in [0.25, 0.3) is 0 Å². The number of nitrogen functional groups attached to an aromatic ring is 1. The molecule has 2 N–H and O–H groups in total. The monoisotopic (exact) mass is 258 g/mol. The topological polar surface area (TPSA) is 56.0 Å². The van der Waals surface area contributed by atoms with E-state index in [9.17, 15) is 4.79 Å². The Morgan fingerprint density at radius 3 is 2.75 bits per heavy atom. The van der Waals surface area contributed by atoms with E-state index < -0.39 is 0 Å². The number of thioether (sulfide) groups is 1. The van der Waals surface area contributed by atoms with Gasteiger partial charge in [0, 0.05) is 10.9 Å². The smallest absolute Gasteiger partial charge is 0.176 e. The van der Waals surface area contributed by atoms with Crippen molar-refractivity contribution in [1.29, 1.82) is 0 Å². The van der Waals surface area contributed by atoms with E-state index in [1.165, 1.54) is 6.20 Å². The fourth-order valence-electron chi connectivity index (χ4n) is 1.03. The van der Waals surface area contributed by atoms with Crippen LogP contribution in [0.5, 0.6) is 0 Å². The Morgan fingerprint density at radius 2 is 2.19 bits per heavy atom. The summed E-state index contributed by atoms with van der Waals surface area (Å²) in [6.45, 7) is 6.18. The van der Waals surface area contributed by atoms with Crippen LogP contribution in [0.2, 0.25) is 5.02 Å². The highest BCUT2D eigenvalue weighted by atomic mass is 35.5. The molecular weight excluding hydrogens is 244 g/mol. The molecule has 0 saturated carbocycles. The summed E-state index contributed by atoms with van der Waals surface area (Å²) in [6, 6.07) is 1.56. The summed E-state index contributed by atoms with van der Waals surface area (Å²) in [7, 11) is 0. The molecule has 0 aliphatic rings. The average molecular weight is 259 g/mol. The lowest BCUT2D eigenvalue weighted by molar-refractivity contribution is 0.102. The summed E-state index contributed by atoms with van der Waals surface area (Å²) in [4.78, 5) is 15.7. The molecule has 0 amide bonds. The van der Waals surface area contributed by atoms with Crippen molar-refractivity contribution in [2.24, 2.45) is 0 Å². The number of Topliss-reactive ketones (excluding diaryl/α,β-unsaturated/α-hetero) is 1. The molecule has 0 unspecified atom stereocenters. The average Bonchev–Trinajstić information content (AvgIpc) is 2.17. The maximum absolute atomic E-state index is 11.9. The van der Waals surface area contributed by atoms with E-state index in [-0.39, 0.29) is 16.3 Å². The first kappa shape index (κ1) is 13.3. The Labute approximate surface area is 105 Å². The molecule has 88 valence electrons. The summed E-state index contributed by atoms with van der Waals surface area (Å²) in [5.74, 6) is 0.590. The zero-order chi connectivity index (χ0) is 12.3. The molecule has 0 fully saturated rings. The SMILES string of the molecule is CC(C)(C)SCC(=O)c1cc(Cl)cnc1N. The minimum Gasteiger partial charge on any atom is -0.383 e. The van der Waals surface area contributed by atoms with Crippen molar-refractivity contribution in [2.75, 3.05) is 11.5 Å². The van der Waals surface area contributed by atoms with E-state index >= 15 is 0 Å². The summed E-state index contributed by atoms with van der Waals surface area (Å²) < 4.78 is 0.0520. The third-order valence-corrected chi connectivity index (χ3v) is 3.30. The van der Waals surface area contributed by atoms with Crippen LogP contribution in [0.4, 0.5) is 5.82 Å². The van der Waals surface area contributed by atoms with E-state index in [2.05, 4.69) is 25.8 Å².